The fraction of sp³-hybridized carbons (Fsp3) is 0.667. The Bertz CT molecular complexity index is 239. The Morgan fingerprint density at radius 3 is 2.45 bits per heavy atom. The maximum Gasteiger partial charge on any atom is 0.0628 e. The quantitative estimate of drug-likeness (QED) is 0.653. The molecular weight excluding hydrogens is 136 g/mol. The minimum Gasteiger partial charge on any atom is -0.282 e. The van der Waals surface area contributed by atoms with E-state index in [4.69, 9.17) is 0 Å². The molecule has 1 N–H and O–H groups in total. The van der Waals surface area contributed by atoms with Crippen molar-refractivity contribution in [3.05, 3.63) is 17.0 Å². The molecule has 0 amide bonds. The number of aryl methyl sites for hydroxylation is 2. The number of nitrogens with zero attached hydrogens (tertiary/aromatic N) is 1. The molecule has 2 heteroatoms. The van der Waals surface area contributed by atoms with Crippen LogP contribution in [0.3, 0.4) is 0 Å². The second kappa shape index (κ2) is 2.36. The molecule has 0 spiro atoms. The summed E-state index contributed by atoms with van der Waals surface area (Å²) in [6.07, 6.45) is 4.12. The average molecular weight is 150 g/mol. The summed E-state index contributed by atoms with van der Waals surface area (Å²) in [6.45, 7) is 4.21. The Kier molecular flexibility index (Phi) is 1.48. The highest BCUT2D eigenvalue weighted by molar-refractivity contribution is 5.28. The zero-order valence-corrected chi connectivity index (χ0v) is 7.15. The van der Waals surface area contributed by atoms with E-state index in [9.17, 15) is 0 Å². The zero-order valence-electron chi connectivity index (χ0n) is 7.15. The summed E-state index contributed by atoms with van der Waals surface area (Å²) in [5, 5.41) is 7.23. The molecule has 60 valence electrons. The molecule has 0 aromatic carbocycles. The Morgan fingerprint density at radius 2 is 2.09 bits per heavy atom. The van der Waals surface area contributed by atoms with Gasteiger partial charge in [0, 0.05) is 5.69 Å². The topological polar surface area (TPSA) is 28.7 Å². The molecule has 0 saturated heterocycles. The van der Waals surface area contributed by atoms with Crippen LogP contribution in [-0.2, 0) is 0 Å². The average Bonchev–Trinajstić information content (AvgIpc) is 2.15. The van der Waals surface area contributed by atoms with Crippen LogP contribution in [0, 0.1) is 13.8 Å². The van der Waals surface area contributed by atoms with E-state index >= 15 is 0 Å². The van der Waals surface area contributed by atoms with Crippen molar-refractivity contribution in [2.75, 3.05) is 0 Å². The van der Waals surface area contributed by atoms with Gasteiger partial charge in [0.25, 0.3) is 0 Å². The molecule has 0 unspecified atom stereocenters. The SMILES string of the molecule is Cc1n[nH]c(C)c1C1CCC1. The van der Waals surface area contributed by atoms with Gasteiger partial charge in [-0.05, 0) is 38.2 Å². The predicted octanol–water partition coefficient (Wildman–Crippen LogP) is 2.29. The van der Waals surface area contributed by atoms with E-state index in [0.717, 1.165) is 5.92 Å². The van der Waals surface area contributed by atoms with Crippen LogP contribution in [0.2, 0.25) is 0 Å². The molecular formula is C9H14N2. The first kappa shape index (κ1) is 6.89. The van der Waals surface area contributed by atoms with Gasteiger partial charge in [-0.25, -0.2) is 0 Å². The summed E-state index contributed by atoms with van der Waals surface area (Å²) in [6, 6.07) is 0. The van der Waals surface area contributed by atoms with Crippen molar-refractivity contribution in [1.82, 2.24) is 10.2 Å². The Hall–Kier alpha value is -0.790. The van der Waals surface area contributed by atoms with Crippen LogP contribution >= 0.6 is 0 Å². The van der Waals surface area contributed by atoms with Gasteiger partial charge in [0.05, 0.1) is 5.69 Å². The van der Waals surface area contributed by atoms with Crippen molar-refractivity contribution in [3.8, 4) is 0 Å². The first-order valence-corrected chi connectivity index (χ1v) is 4.30. The number of aromatic amines is 1. The number of nitrogens with one attached hydrogen (secondary N) is 1. The molecule has 1 saturated carbocycles. The summed E-state index contributed by atoms with van der Waals surface area (Å²) < 4.78 is 0. The lowest BCUT2D eigenvalue weighted by molar-refractivity contribution is 0.417. The van der Waals surface area contributed by atoms with E-state index in [0.29, 0.717) is 0 Å². The van der Waals surface area contributed by atoms with Gasteiger partial charge in [0.15, 0.2) is 0 Å². The number of H-pyrrole nitrogens is 1. The fourth-order valence-electron chi connectivity index (χ4n) is 1.86. The van der Waals surface area contributed by atoms with Gasteiger partial charge in [-0.3, -0.25) is 5.10 Å². The highest BCUT2D eigenvalue weighted by atomic mass is 15.1. The number of hydrogen-bond acceptors (Lipinski definition) is 1. The molecule has 1 aromatic heterocycles. The first-order chi connectivity index (χ1) is 5.29. The van der Waals surface area contributed by atoms with Crippen LogP contribution in [0.15, 0.2) is 0 Å². The Morgan fingerprint density at radius 1 is 1.36 bits per heavy atom. The van der Waals surface area contributed by atoms with Crippen LogP contribution in [0.1, 0.15) is 42.1 Å². The van der Waals surface area contributed by atoms with Gasteiger partial charge >= 0.3 is 0 Å². The summed E-state index contributed by atoms with van der Waals surface area (Å²) in [7, 11) is 0. The standard InChI is InChI=1S/C9H14N2/c1-6-9(7(2)11-10-6)8-4-3-5-8/h8H,3-5H2,1-2H3,(H,10,11). The van der Waals surface area contributed by atoms with Crippen molar-refractivity contribution >= 4 is 0 Å². The number of rotatable bonds is 1. The smallest absolute Gasteiger partial charge is 0.0628 e. The highest BCUT2D eigenvalue weighted by Crippen LogP contribution is 2.38. The van der Waals surface area contributed by atoms with Crippen LogP contribution in [0.4, 0.5) is 0 Å². The fourth-order valence-corrected chi connectivity index (χ4v) is 1.86. The van der Waals surface area contributed by atoms with Gasteiger partial charge in [-0.1, -0.05) is 6.42 Å². The molecule has 2 nitrogen and oxygen atoms in total. The van der Waals surface area contributed by atoms with Crippen LogP contribution < -0.4 is 0 Å². The largest absolute Gasteiger partial charge is 0.282 e. The summed E-state index contributed by atoms with van der Waals surface area (Å²) in [5.41, 5.74) is 3.95. The molecule has 1 aliphatic carbocycles. The van der Waals surface area contributed by atoms with Crippen molar-refractivity contribution in [2.45, 2.75) is 39.0 Å². The highest BCUT2D eigenvalue weighted by Gasteiger charge is 2.24. The molecule has 2 rings (SSSR count). The summed E-state index contributed by atoms with van der Waals surface area (Å²) in [5.74, 6) is 0.814. The van der Waals surface area contributed by atoms with Crippen LogP contribution in [0.25, 0.3) is 0 Å². The van der Waals surface area contributed by atoms with Crippen LogP contribution in [0.5, 0.6) is 0 Å². The molecule has 11 heavy (non-hydrogen) atoms. The molecule has 0 aliphatic heterocycles. The third-order valence-electron chi connectivity index (χ3n) is 2.70. The number of aromatic nitrogens is 2. The first-order valence-electron chi connectivity index (χ1n) is 4.30. The lowest BCUT2D eigenvalue weighted by atomic mass is 9.79. The Balaban J connectivity index is 2.33. The molecule has 0 bridgehead atoms. The molecule has 1 fully saturated rings. The maximum absolute atomic E-state index is 4.19. The van der Waals surface area contributed by atoms with E-state index in [1.807, 2.05) is 0 Å². The third-order valence-corrected chi connectivity index (χ3v) is 2.70. The van der Waals surface area contributed by atoms with E-state index in [2.05, 4.69) is 24.0 Å². The van der Waals surface area contributed by atoms with E-state index in [-0.39, 0.29) is 0 Å². The van der Waals surface area contributed by atoms with Gasteiger partial charge in [0.2, 0.25) is 0 Å². The van der Waals surface area contributed by atoms with E-state index in [1.54, 1.807) is 0 Å². The van der Waals surface area contributed by atoms with Gasteiger partial charge < -0.3 is 0 Å². The van der Waals surface area contributed by atoms with E-state index in [1.165, 1.54) is 36.2 Å². The normalized spacial score (nSPS) is 18.4. The third kappa shape index (κ3) is 0.971. The van der Waals surface area contributed by atoms with Crippen molar-refractivity contribution < 1.29 is 0 Å². The van der Waals surface area contributed by atoms with E-state index < -0.39 is 0 Å². The minimum atomic E-state index is 0.814. The molecule has 0 atom stereocenters. The predicted molar refractivity (Wildman–Crippen MR) is 44.7 cm³/mol. The molecule has 1 aliphatic rings. The van der Waals surface area contributed by atoms with Gasteiger partial charge in [-0.2, -0.15) is 5.10 Å². The monoisotopic (exact) mass is 150 g/mol. The zero-order chi connectivity index (χ0) is 7.84. The lowest BCUT2D eigenvalue weighted by Gasteiger charge is -2.25. The van der Waals surface area contributed by atoms with Crippen molar-refractivity contribution in [3.63, 3.8) is 0 Å². The molecule has 1 aromatic rings. The second-order valence-corrected chi connectivity index (χ2v) is 3.48. The minimum absolute atomic E-state index is 0.814. The molecule has 1 heterocycles. The van der Waals surface area contributed by atoms with Crippen molar-refractivity contribution in [1.29, 1.82) is 0 Å². The summed E-state index contributed by atoms with van der Waals surface area (Å²) in [4.78, 5) is 0. The van der Waals surface area contributed by atoms with Gasteiger partial charge in [-0.15, -0.1) is 0 Å². The maximum atomic E-state index is 4.19. The second-order valence-electron chi connectivity index (χ2n) is 3.48. The van der Waals surface area contributed by atoms with Gasteiger partial charge in [0.1, 0.15) is 0 Å². The number of hydrogen-bond donors (Lipinski definition) is 1. The molecule has 0 radical (unpaired) electrons. The van der Waals surface area contributed by atoms with Crippen LogP contribution in [-0.4, -0.2) is 10.2 Å². The Labute approximate surface area is 67.0 Å². The van der Waals surface area contributed by atoms with Crippen molar-refractivity contribution in [2.24, 2.45) is 0 Å². The summed E-state index contributed by atoms with van der Waals surface area (Å²) >= 11 is 0. The lowest BCUT2D eigenvalue weighted by Crippen LogP contribution is -2.10.